The van der Waals surface area contributed by atoms with Crippen LogP contribution in [-0.2, 0) is 4.74 Å². The molecule has 2 unspecified atom stereocenters. The van der Waals surface area contributed by atoms with Crippen molar-refractivity contribution in [3.8, 4) is 0 Å². The molecule has 0 radical (unpaired) electrons. The van der Waals surface area contributed by atoms with Crippen molar-refractivity contribution in [1.29, 1.82) is 0 Å². The van der Waals surface area contributed by atoms with Crippen LogP contribution in [0, 0.1) is 5.92 Å². The van der Waals surface area contributed by atoms with Crippen LogP contribution in [0.15, 0.2) is 24.3 Å². The van der Waals surface area contributed by atoms with Crippen molar-refractivity contribution < 1.29 is 9.53 Å². The average molecular weight is 225 g/mol. The summed E-state index contributed by atoms with van der Waals surface area (Å²) in [5.41, 5.74) is 0.685. The zero-order valence-corrected chi connectivity index (χ0v) is 9.33. The quantitative estimate of drug-likeness (QED) is 0.722. The minimum atomic E-state index is -0.0107. The molecule has 1 saturated heterocycles. The van der Waals surface area contributed by atoms with Gasteiger partial charge in [-0.15, -0.1) is 0 Å². The Hall–Kier alpha value is -0.860. The largest absolute Gasteiger partial charge is 0.378 e. The summed E-state index contributed by atoms with van der Waals surface area (Å²) in [7, 11) is 0. The Morgan fingerprint density at radius 2 is 2.33 bits per heavy atom. The smallest absolute Gasteiger partial charge is 0.168 e. The predicted molar refractivity (Wildman–Crippen MR) is 59.3 cm³/mol. The van der Waals surface area contributed by atoms with E-state index in [1.54, 1.807) is 24.3 Å². The van der Waals surface area contributed by atoms with Crippen LogP contribution in [0.1, 0.15) is 23.7 Å². The number of halogens is 1. The first kappa shape index (κ1) is 10.7. The maximum absolute atomic E-state index is 12.1. The highest BCUT2D eigenvalue weighted by atomic mass is 35.5. The highest BCUT2D eigenvalue weighted by molar-refractivity contribution is 6.31. The first-order valence-corrected chi connectivity index (χ1v) is 5.47. The number of carbonyl (C=O) groups is 1. The Balaban J connectivity index is 2.20. The molecule has 15 heavy (non-hydrogen) atoms. The van der Waals surface area contributed by atoms with E-state index in [4.69, 9.17) is 16.3 Å². The molecule has 0 bridgehead atoms. The summed E-state index contributed by atoms with van der Waals surface area (Å²) in [6.07, 6.45) is 0.837. The molecule has 0 aliphatic carbocycles. The fourth-order valence-corrected chi connectivity index (χ4v) is 2.12. The third-order valence-corrected chi connectivity index (χ3v) is 3.06. The summed E-state index contributed by atoms with van der Waals surface area (Å²) in [5.74, 6) is 0.131. The molecule has 1 aromatic carbocycles. The van der Waals surface area contributed by atoms with Crippen LogP contribution < -0.4 is 0 Å². The van der Waals surface area contributed by atoms with Gasteiger partial charge in [0.05, 0.1) is 12.0 Å². The molecule has 1 heterocycles. The molecule has 0 aromatic heterocycles. The van der Waals surface area contributed by atoms with Crippen LogP contribution >= 0.6 is 11.6 Å². The molecule has 2 nitrogen and oxygen atoms in total. The highest BCUT2D eigenvalue weighted by Gasteiger charge is 2.31. The van der Waals surface area contributed by atoms with Gasteiger partial charge in [0.25, 0.3) is 0 Å². The molecule has 2 rings (SSSR count). The number of ketones is 1. The molecule has 0 amide bonds. The fraction of sp³-hybridized carbons (Fsp3) is 0.417. The van der Waals surface area contributed by atoms with Crippen LogP contribution in [0.5, 0.6) is 0 Å². The van der Waals surface area contributed by atoms with Gasteiger partial charge in [0.15, 0.2) is 5.78 Å². The minimum Gasteiger partial charge on any atom is -0.378 e. The van der Waals surface area contributed by atoms with Crippen molar-refractivity contribution in [1.82, 2.24) is 0 Å². The van der Waals surface area contributed by atoms with Gasteiger partial charge in [-0.25, -0.2) is 0 Å². The molecular formula is C12H13ClO2. The Morgan fingerprint density at radius 1 is 1.53 bits per heavy atom. The third kappa shape index (κ3) is 2.21. The topological polar surface area (TPSA) is 26.3 Å². The van der Waals surface area contributed by atoms with Gasteiger partial charge in [0.2, 0.25) is 0 Å². The summed E-state index contributed by atoms with van der Waals surface area (Å²) in [4.78, 5) is 12.1. The van der Waals surface area contributed by atoms with E-state index < -0.39 is 0 Å². The van der Waals surface area contributed by atoms with Gasteiger partial charge in [-0.1, -0.05) is 23.7 Å². The second kappa shape index (κ2) is 4.33. The number of benzene rings is 1. The second-order valence-corrected chi connectivity index (χ2v) is 4.28. The molecule has 2 atom stereocenters. The Morgan fingerprint density at radius 3 is 2.93 bits per heavy atom. The predicted octanol–water partition coefficient (Wildman–Crippen LogP) is 2.95. The van der Waals surface area contributed by atoms with Gasteiger partial charge < -0.3 is 4.74 Å². The van der Waals surface area contributed by atoms with Crippen molar-refractivity contribution >= 4 is 17.4 Å². The average Bonchev–Trinajstić information content (AvgIpc) is 2.63. The first-order chi connectivity index (χ1) is 7.18. The molecule has 1 aliphatic heterocycles. The summed E-state index contributed by atoms with van der Waals surface area (Å²) < 4.78 is 5.38. The molecule has 0 spiro atoms. The van der Waals surface area contributed by atoms with Crippen molar-refractivity contribution in [3.63, 3.8) is 0 Å². The lowest BCUT2D eigenvalue weighted by Gasteiger charge is -2.12. The lowest BCUT2D eigenvalue weighted by molar-refractivity contribution is 0.0764. The van der Waals surface area contributed by atoms with Gasteiger partial charge in [-0.3, -0.25) is 4.79 Å². The number of rotatable bonds is 2. The summed E-state index contributed by atoms with van der Waals surface area (Å²) in [6, 6.07) is 7.09. The van der Waals surface area contributed by atoms with E-state index in [9.17, 15) is 4.79 Å². The van der Waals surface area contributed by atoms with Gasteiger partial charge in [0.1, 0.15) is 0 Å². The van der Waals surface area contributed by atoms with Crippen molar-refractivity contribution in [2.24, 2.45) is 5.92 Å². The monoisotopic (exact) mass is 224 g/mol. The minimum absolute atomic E-state index is 0.0107. The Bertz CT molecular complexity index is 376. The number of ether oxygens (including phenoxy) is 1. The van der Waals surface area contributed by atoms with Crippen molar-refractivity contribution in [2.75, 3.05) is 6.61 Å². The fourth-order valence-electron chi connectivity index (χ4n) is 1.93. The van der Waals surface area contributed by atoms with E-state index in [0.29, 0.717) is 17.2 Å². The van der Waals surface area contributed by atoms with E-state index in [1.807, 2.05) is 6.92 Å². The normalized spacial score (nSPS) is 25.5. The lowest BCUT2D eigenvalue weighted by atomic mass is 9.92. The van der Waals surface area contributed by atoms with Crippen LogP contribution in [0.2, 0.25) is 5.02 Å². The molecule has 0 saturated carbocycles. The van der Waals surface area contributed by atoms with Gasteiger partial charge in [-0.05, 0) is 25.5 Å². The molecule has 1 aliphatic rings. The van der Waals surface area contributed by atoms with E-state index in [1.165, 1.54) is 0 Å². The van der Waals surface area contributed by atoms with Crippen molar-refractivity contribution in [2.45, 2.75) is 19.4 Å². The van der Waals surface area contributed by atoms with E-state index >= 15 is 0 Å². The lowest BCUT2D eigenvalue weighted by Crippen LogP contribution is -2.21. The zero-order chi connectivity index (χ0) is 10.8. The number of Topliss-reactive ketones (excluding diaryl/α,β-unsaturated/α-hetero) is 1. The maximum Gasteiger partial charge on any atom is 0.168 e. The molecule has 80 valence electrons. The van der Waals surface area contributed by atoms with Crippen LogP contribution in [0.4, 0.5) is 0 Å². The van der Waals surface area contributed by atoms with E-state index in [0.717, 1.165) is 6.42 Å². The highest BCUT2D eigenvalue weighted by Crippen LogP contribution is 2.25. The Kier molecular flexibility index (Phi) is 3.08. The van der Waals surface area contributed by atoms with Crippen LogP contribution in [-0.4, -0.2) is 18.5 Å². The molecule has 3 heteroatoms. The standard InChI is InChI=1S/C12H13ClO2/c1-8-11(5-6-15-8)12(14)9-3-2-4-10(13)7-9/h2-4,7-8,11H,5-6H2,1H3. The molecule has 1 aromatic rings. The first-order valence-electron chi connectivity index (χ1n) is 5.10. The van der Waals surface area contributed by atoms with Crippen molar-refractivity contribution in [3.05, 3.63) is 34.9 Å². The second-order valence-electron chi connectivity index (χ2n) is 3.85. The summed E-state index contributed by atoms with van der Waals surface area (Å²) in [5, 5.41) is 0.604. The van der Waals surface area contributed by atoms with Gasteiger partial charge in [0, 0.05) is 17.2 Å². The zero-order valence-electron chi connectivity index (χ0n) is 8.57. The molecule has 0 N–H and O–H groups in total. The summed E-state index contributed by atoms with van der Waals surface area (Å²) in [6.45, 7) is 2.62. The number of hydrogen-bond donors (Lipinski definition) is 0. The van der Waals surface area contributed by atoms with E-state index in [-0.39, 0.29) is 17.8 Å². The Labute approximate surface area is 94.2 Å². The van der Waals surface area contributed by atoms with E-state index in [2.05, 4.69) is 0 Å². The van der Waals surface area contributed by atoms with Gasteiger partial charge >= 0.3 is 0 Å². The molecular weight excluding hydrogens is 212 g/mol. The van der Waals surface area contributed by atoms with Crippen LogP contribution in [0.3, 0.4) is 0 Å². The maximum atomic E-state index is 12.1. The summed E-state index contributed by atoms with van der Waals surface area (Å²) >= 11 is 5.85. The number of carbonyl (C=O) groups excluding carboxylic acids is 1. The third-order valence-electron chi connectivity index (χ3n) is 2.82. The SMILES string of the molecule is CC1OCCC1C(=O)c1cccc(Cl)c1. The van der Waals surface area contributed by atoms with Gasteiger partial charge in [-0.2, -0.15) is 0 Å². The van der Waals surface area contributed by atoms with Crippen LogP contribution in [0.25, 0.3) is 0 Å². The molecule has 1 fully saturated rings. The number of hydrogen-bond acceptors (Lipinski definition) is 2.